The molecule has 2 aromatic rings. The predicted molar refractivity (Wildman–Crippen MR) is 153 cm³/mol. The molecule has 0 saturated heterocycles. The van der Waals surface area contributed by atoms with Gasteiger partial charge in [0.15, 0.2) is 17.1 Å². The summed E-state index contributed by atoms with van der Waals surface area (Å²) < 4.78 is 13.0. The number of nitrogens with zero attached hydrogens (tertiary/aromatic N) is 2. The number of ether oxygens (including phenoxy) is 2. The number of methoxy groups -OCH3 is 2. The molecule has 236 valence electrons. The van der Waals surface area contributed by atoms with Crippen molar-refractivity contribution in [3.05, 3.63) is 42.0 Å². The molecule has 4 atom stereocenters. The summed E-state index contributed by atoms with van der Waals surface area (Å²) in [6, 6.07) is 6.41. The number of hydrogen-bond acceptors (Lipinski definition) is 8. The largest absolute Gasteiger partial charge is 0.493 e. The summed E-state index contributed by atoms with van der Waals surface area (Å²) in [5, 5.41) is 37.2. The number of aliphatic carboxylic acids is 3. The molecule has 0 bridgehead atoms. The number of carbonyl (C=O) groups excluding carboxylic acids is 1. The molecule has 5 N–H and O–H groups in total. The second-order valence-corrected chi connectivity index (χ2v) is 11.0. The van der Waals surface area contributed by atoms with Crippen LogP contribution in [0, 0.1) is 11.8 Å². The summed E-state index contributed by atoms with van der Waals surface area (Å²) in [4.78, 5) is 47.7. The van der Waals surface area contributed by atoms with Crippen molar-refractivity contribution in [3.8, 4) is 11.5 Å². The first-order valence-corrected chi connectivity index (χ1v) is 14.3. The highest BCUT2D eigenvalue weighted by atomic mass is 16.5. The van der Waals surface area contributed by atoms with E-state index in [-0.39, 0.29) is 11.9 Å². The Morgan fingerprint density at radius 2 is 1.63 bits per heavy atom. The monoisotopic (exact) mass is 603 g/mol. The van der Waals surface area contributed by atoms with E-state index >= 15 is 0 Å². The Hall–Kier alpha value is -4.13. The second kappa shape index (κ2) is 14.9. The second-order valence-electron chi connectivity index (χ2n) is 11.0. The van der Waals surface area contributed by atoms with E-state index < -0.39 is 36.4 Å². The molecule has 13 nitrogen and oxygen atoms in total. The minimum Gasteiger partial charge on any atom is -0.493 e. The van der Waals surface area contributed by atoms with Crippen LogP contribution in [-0.2, 0) is 32.1 Å². The van der Waals surface area contributed by atoms with Gasteiger partial charge in [0.1, 0.15) is 5.82 Å². The summed E-state index contributed by atoms with van der Waals surface area (Å²) in [6.45, 7) is 2.76. The van der Waals surface area contributed by atoms with Crippen molar-refractivity contribution in [2.75, 3.05) is 14.2 Å². The Labute approximate surface area is 249 Å². The maximum atomic E-state index is 12.8. The SMILES string of the molecule is CCc1nccn1CCC(=O)N[C@H]1C2CCCCC2[C@@H]1c1ccc(OC)c(OC)c1.O=C(O)CC(O)(CC(=O)O)C(=O)O. The molecule has 0 spiro atoms. The standard InChI is InChI=1S/C24H33N3O3.C6H8O7/c1-4-21-25-12-14-27(21)13-11-22(28)26-24-18-8-6-5-7-17(18)23(24)16-9-10-19(29-2)20(15-16)30-3;7-3(8)1-6(13,5(11)12)2-4(9)10/h9-10,12,14-15,17-18,23-24H,4-8,11,13H2,1-3H3,(H,26,28);13H,1-2H2,(H,7,8)(H,9,10)(H,11,12)/t17?,18?,23-,24-;/m0./s1. The van der Waals surface area contributed by atoms with Crippen LogP contribution in [0.15, 0.2) is 30.6 Å². The molecule has 2 aliphatic rings. The summed E-state index contributed by atoms with van der Waals surface area (Å²) in [5.41, 5.74) is -1.50. The number of imidazole rings is 1. The lowest BCUT2D eigenvalue weighted by atomic mass is 9.53. The number of aryl methyl sites for hydroxylation is 2. The molecule has 1 aromatic carbocycles. The lowest BCUT2D eigenvalue weighted by Crippen LogP contribution is -2.59. The van der Waals surface area contributed by atoms with E-state index in [4.69, 9.17) is 29.9 Å². The van der Waals surface area contributed by atoms with Crippen LogP contribution in [0.2, 0.25) is 0 Å². The number of rotatable bonds is 13. The highest BCUT2D eigenvalue weighted by Gasteiger charge is 2.52. The summed E-state index contributed by atoms with van der Waals surface area (Å²) in [5.74, 6) is -0.789. The van der Waals surface area contributed by atoms with Gasteiger partial charge in [0.05, 0.1) is 27.1 Å². The minimum absolute atomic E-state index is 0.130. The fraction of sp³-hybridized carbons (Fsp3) is 0.567. The van der Waals surface area contributed by atoms with E-state index in [0.29, 0.717) is 30.7 Å². The Morgan fingerprint density at radius 1 is 1.00 bits per heavy atom. The van der Waals surface area contributed by atoms with Gasteiger partial charge in [-0.3, -0.25) is 14.4 Å². The molecule has 2 fully saturated rings. The van der Waals surface area contributed by atoms with Crippen LogP contribution < -0.4 is 14.8 Å². The molecule has 1 aromatic heterocycles. The normalized spacial score (nSPS) is 20.8. The first-order chi connectivity index (χ1) is 20.4. The molecule has 2 aliphatic carbocycles. The van der Waals surface area contributed by atoms with Gasteiger partial charge in [-0.2, -0.15) is 0 Å². The number of benzene rings is 1. The van der Waals surface area contributed by atoms with Crippen LogP contribution in [0.5, 0.6) is 11.5 Å². The molecule has 1 amide bonds. The smallest absolute Gasteiger partial charge is 0.336 e. The van der Waals surface area contributed by atoms with Crippen LogP contribution in [0.3, 0.4) is 0 Å². The number of carboxylic acid groups (broad SMARTS) is 3. The van der Waals surface area contributed by atoms with Gasteiger partial charge in [0, 0.05) is 43.7 Å². The van der Waals surface area contributed by atoms with Crippen molar-refractivity contribution < 1.29 is 49.1 Å². The highest BCUT2D eigenvalue weighted by Crippen LogP contribution is 2.55. The molecule has 2 saturated carbocycles. The molecule has 0 radical (unpaired) electrons. The van der Waals surface area contributed by atoms with Crippen LogP contribution >= 0.6 is 0 Å². The number of fused-ring (bicyclic) bond motifs is 1. The van der Waals surface area contributed by atoms with Gasteiger partial charge in [0.25, 0.3) is 0 Å². The zero-order chi connectivity index (χ0) is 31.7. The topological polar surface area (TPSA) is 198 Å². The van der Waals surface area contributed by atoms with Crippen molar-refractivity contribution >= 4 is 23.8 Å². The fourth-order valence-electron chi connectivity index (χ4n) is 6.23. The van der Waals surface area contributed by atoms with Crippen LogP contribution in [-0.4, -0.2) is 79.7 Å². The average molecular weight is 604 g/mol. The maximum Gasteiger partial charge on any atom is 0.336 e. The minimum atomic E-state index is -2.74. The molecule has 1 heterocycles. The Kier molecular flexibility index (Phi) is 11.5. The van der Waals surface area contributed by atoms with Crippen molar-refractivity contribution in [2.24, 2.45) is 11.8 Å². The first-order valence-electron chi connectivity index (χ1n) is 14.3. The maximum absolute atomic E-state index is 12.8. The van der Waals surface area contributed by atoms with E-state index in [1.54, 1.807) is 14.2 Å². The third kappa shape index (κ3) is 8.25. The van der Waals surface area contributed by atoms with Gasteiger partial charge in [-0.05, 0) is 42.4 Å². The zero-order valence-corrected chi connectivity index (χ0v) is 24.7. The number of aromatic nitrogens is 2. The third-order valence-corrected chi connectivity index (χ3v) is 8.29. The fourth-order valence-corrected chi connectivity index (χ4v) is 6.23. The number of nitrogens with one attached hydrogen (secondary N) is 1. The Morgan fingerprint density at radius 3 is 2.19 bits per heavy atom. The molecular formula is C30H41N3O10. The van der Waals surface area contributed by atoms with Gasteiger partial charge >= 0.3 is 17.9 Å². The highest BCUT2D eigenvalue weighted by molar-refractivity contribution is 5.88. The van der Waals surface area contributed by atoms with Crippen molar-refractivity contribution in [2.45, 2.75) is 82.4 Å². The summed E-state index contributed by atoms with van der Waals surface area (Å²) >= 11 is 0. The van der Waals surface area contributed by atoms with Crippen molar-refractivity contribution in [1.82, 2.24) is 14.9 Å². The number of aliphatic hydroxyl groups is 1. The molecule has 43 heavy (non-hydrogen) atoms. The van der Waals surface area contributed by atoms with E-state index in [1.165, 1.54) is 31.2 Å². The van der Waals surface area contributed by atoms with Gasteiger partial charge in [0.2, 0.25) is 5.91 Å². The summed E-state index contributed by atoms with van der Waals surface area (Å²) in [7, 11) is 3.33. The van der Waals surface area contributed by atoms with Crippen molar-refractivity contribution in [3.63, 3.8) is 0 Å². The van der Waals surface area contributed by atoms with E-state index in [9.17, 15) is 19.2 Å². The Bertz CT molecular complexity index is 1280. The van der Waals surface area contributed by atoms with Crippen LogP contribution in [0.1, 0.15) is 69.2 Å². The number of carboxylic acids is 3. The Balaban J connectivity index is 0.000000331. The van der Waals surface area contributed by atoms with Crippen molar-refractivity contribution in [1.29, 1.82) is 0 Å². The van der Waals surface area contributed by atoms with E-state index in [0.717, 1.165) is 23.7 Å². The van der Waals surface area contributed by atoms with Gasteiger partial charge in [-0.1, -0.05) is 25.8 Å². The predicted octanol–water partition coefficient (Wildman–Crippen LogP) is 2.69. The lowest BCUT2D eigenvalue weighted by Gasteiger charge is -2.55. The molecule has 13 heteroatoms. The number of carbonyl (C=O) groups is 4. The zero-order valence-electron chi connectivity index (χ0n) is 24.7. The quantitative estimate of drug-likeness (QED) is 0.226. The lowest BCUT2D eigenvalue weighted by molar-refractivity contribution is -0.170. The average Bonchev–Trinajstić information content (AvgIpc) is 3.42. The summed E-state index contributed by atoms with van der Waals surface area (Å²) in [6.07, 6.45) is 7.84. The van der Waals surface area contributed by atoms with Gasteiger partial charge < -0.3 is 39.8 Å². The third-order valence-electron chi connectivity index (χ3n) is 8.29. The van der Waals surface area contributed by atoms with Gasteiger partial charge in [-0.25, -0.2) is 9.78 Å². The van der Waals surface area contributed by atoms with Crippen LogP contribution in [0.4, 0.5) is 0 Å². The number of amides is 1. The molecule has 0 aliphatic heterocycles. The van der Waals surface area contributed by atoms with Gasteiger partial charge in [-0.15, -0.1) is 0 Å². The number of hydrogen-bond donors (Lipinski definition) is 5. The molecular weight excluding hydrogens is 562 g/mol. The first kappa shape index (κ1) is 33.4. The van der Waals surface area contributed by atoms with Crippen LogP contribution in [0.25, 0.3) is 0 Å². The van der Waals surface area contributed by atoms with E-state index in [2.05, 4.69) is 33.9 Å². The molecule has 4 rings (SSSR count). The molecule has 2 unspecified atom stereocenters. The van der Waals surface area contributed by atoms with E-state index in [1.807, 2.05) is 18.5 Å².